The van der Waals surface area contributed by atoms with Crippen LogP contribution in [0.15, 0.2) is 28.7 Å². The van der Waals surface area contributed by atoms with Crippen LogP contribution < -0.4 is 5.32 Å². The summed E-state index contributed by atoms with van der Waals surface area (Å²) in [5, 5.41) is 3.87. The van der Waals surface area contributed by atoms with Crippen molar-refractivity contribution in [2.75, 3.05) is 0 Å². The topological polar surface area (TPSA) is 12.0 Å². The summed E-state index contributed by atoms with van der Waals surface area (Å²) in [5.41, 5.74) is 1.40. The van der Waals surface area contributed by atoms with Gasteiger partial charge in [0, 0.05) is 16.6 Å². The van der Waals surface area contributed by atoms with Crippen LogP contribution in [0.1, 0.15) is 63.5 Å². The molecule has 0 aromatic heterocycles. The van der Waals surface area contributed by atoms with E-state index in [1.54, 1.807) is 0 Å². The van der Waals surface area contributed by atoms with E-state index in [1.165, 1.54) is 50.5 Å². The van der Waals surface area contributed by atoms with E-state index in [-0.39, 0.29) is 0 Å². The summed E-state index contributed by atoms with van der Waals surface area (Å²) in [6.45, 7) is 2.30. The summed E-state index contributed by atoms with van der Waals surface area (Å²) < 4.78 is 1.16. The summed E-state index contributed by atoms with van der Waals surface area (Å²) in [7, 11) is 0. The molecule has 3 rings (SSSR count). The zero-order chi connectivity index (χ0) is 13.9. The van der Waals surface area contributed by atoms with Gasteiger partial charge in [-0.2, -0.15) is 0 Å². The van der Waals surface area contributed by atoms with E-state index in [1.807, 2.05) is 0 Å². The second kappa shape index (κ2) is 6.62. The average molecular weight is 336 g/mol. The third-order valence-electron chi connectivity index (χ3n) is 5.40. The second-order valence-electron chi connectivity index (χ2n) is 6.75. The van der Waals surface area contributed by atoms with Gasteiger partial charge in [0.25, 0.3) is 0 Å². The van der Waals surface area contributed by atoms with Crippen LogP contribution in [0, 0.1) is 11.8 Å². The molecule has 0 saturated heterocycles. The zero-order valence-corrected chi connectivity index (χ0v) is 14.0. The molecule has 20 heavy (non-hydrogen) atoms. The quantitative estimate of drug-likeness (QED) is 0.773. The van der Waals surface area contributed by atoms with Crippen molar-refractivity contribution >= 4 is 15.9 Å². The maximum absolute atomic E-state index is 3.87. The largest absolute Gasteiger partial charge is 0.307 e. The summed E-state index contributed by atoms with van der Waals surface area (Å²) in [6.07, 6.45) is 10.2. The number of benzene rings is 1. The molecule has 2 fully saturated rings. The minimum absolute atomic E-state index is 0.466. The van der Waals surface area contributed by atoms with Crippen molar-refractivity contribution in [3.8, 4) is 0 Å². The van der Waals surface area contributed by atoms with E-state index >= 15 is 0 Å². The Balaban J connectivity index is 1.56. The van der Waals surface area contributed by atoms with Crippen LogP contribution in [0.25, 0.3) is 0 Å². The maximum Gasteiger partial charge on any atom is 0.0294 e. The van der Waals surface area contributed by atoms with Crippen molar-refractivity contribution in [3.63, 3.8) is 0 Å². The highest BCUT2D eigenvalue weighted by molar-refractivity contribution is 9.10. The average Bonchev–Trinajstić information content (AvgIpc) is 2.48. The molecule has 0 aliphatic heterocycles. The summed E-state index contributed by atoms with van der Waals surface area (Å²) >= 11 is 3.51. The standard InChI is InChI=1S/C18H26BrN/c1-13(14-6-9-17(19)10-7-14)20-18-11-8-15-4-2-3-5-16(15)12-18/h6-7,9-10,13,15-16,18,20H,2-5,8,11-12H2,1H3/t13-,15?,16?,18?/m1/s1. The Morgan fingerprint density at radius 2 is 1.70 bits per heavy atom. The summed E-state index contributed by atoms with van der Waals surface area (Å²) in [6, 6.07) is 9.94. The SMILES string of the molecule is C[C@@H](NC1CCC2CCCCC2C1)c1ccc(Br)cc1. The fraction of sp³-hybridized carbons (Fsp3) is 0.667. The second-order valence-corrected chi connectivity index (χ2v) is 7.67. The van der Waals surface area contributed by atoms with Crippen LogP contribution in [-0.2, 0) is 0 Å². The Morgan fingerprint density at radius 1 is 1.00 bits per heavy atom. The molecule has 0 radical (unpaired) electrons. The third kappa shape index (κ3) is 3.46. The van der Waals surface area contributed by atoms with E-state index < -0.39 is 0 Å². The summed E-state index contributed by atoms with van der Waals surface area (Å²) in [4.78, 5) is 0. The Kier molecular flexibility index (Phi) is 4.83. The van der Waals surface area contributed by atoms with Gasteiger partial charge in [-0.3, -0.25) is 0 Å². The number of fused-ring (bicyclic) bond motifs is 1. The third-order valence-corrected chi connectivity index (χ3v) is 5.92. The predicted octanol–water partition coefficient (Wildman–Crippen LogP) is 5.46. The molecule has 4 atom stereocenters. The van der Waals surface area contributed by atoms with Crippen molar-refractivity contribution < 1.29 is 0 Å². The van der Waals surface area contributed by atoms with Crippen LogP contribution in [-0.4, -0.2) is 6.04 Å². The van der Waals surface area contributed by atoms with Gasteiger partial charge in [-0.05, 0) is 55.7 Å². The highest BCUT2D eigenvalue weighted by Crippen LogP contribution is 2.40. The van der Waals surface area contributed by atoms with E-state index in [0.717, 1.165) is 22.4 Å². The van der Waals surface area contributed by atoms with Crippen molar-refractivity contribution in [1.82, 2.24) is 5.32 Å². The first-order valence-corrected chi connectivity index (χ1v) is 9.03. The maximum atomic E-state index is 3.87. The minimum atomic E-state index is 0.466. The number of hydrogen-bond donors (Lipinski definition) is 1. The van der Waals surface area contributed by atoms with Gasteiger partial charge in [0.1, 0.15) is 0 Å². The highest BCUT2D eigenvalue weighted by Gasteiger charge is 2.32. The van der Waals surface area contributed by atoms with Crippen LogP contribution >= 0.6 is 15.9 Å². The van der Waals surface area contributed by atoms with Gasteiger partial charge < -0.3 is 5.32 Å². The molecule has 1 aromatic rings. The fourth-order valence-electron chi connectivity index (χ4n) is 4.23. The van der Waals surface area contributed by atoms with Gasteiger partial charge in [0.15, 0.2) is 0 Å². The normalized spacial score (nSPS) is 31.6. The first-order valence-electron chi connectivity index (χ1n) is 8.24. The van der Waals surface area contributed by atoms with E-state index in [4.69, 9.17) is 0 Å². The van der Waals surface area contributed by atoms with Gasteiger partial charge in [-0.1, -0.05) is 53.7 Å². The number of hydrogen-bond acceptors (Lipinski definition) is 1. The van der Waals surface area contributed by atoms with Gasteiger partial charge in [-0.15, -0.1) is 0 Å². The van der Waals surface area contributed by atoms with Crippen LogP contribution in [0.3, 0.4) is 0 Å². The molecular formula is C18H26BrN. The van der Waals surface area contributed by atoms with Gasteiger partial charge in [-0.25, -0.2) is 0 Å². The molecule has 3 unspecified atom stereocenters. The Bertz CT molecular complexity index is 428. The van der Waals surface area contributed by atoms with Gasteiger partial charge >= 0.3 is 0 Å². The van der Waals surface area contributed by atoms with E-state index in [2.05, 4.69) is 52.4 Å². The highest BCUT2D eigenvalue weighted by atomic mass is 79.9. The number of nitrogens with one attached hydrogen (secondary N) is 1. The van der Waals surface area contributed by atoms with Crippen LogP contribution in [0.4, 0.5) is 0 Å². The molecule has 2 aliphatic carbocycles. The fourth-order valence-corrected chi connectivity index (χ4v) is 4.49. The molecular weight excluding hydrogens is 310 g/mol. The lowest BCUT2D eigenvalue weighted by Crippen LogP contribution is -2.39. The van der Waals surface area contributed by atoms with Crippen molar-refractivity contribution in [3.05, 3.63) is 34.3 Å². The molecule has 0 spiro atoms. The molecule has 110 valence electrons. The lowest BCUT2D eigenvalue weighted by Gasteiger charge is -2.40. The van der Waals surface area contributed by atoms with Crippen molar-refractivity contribution in [2.24, 2.45) is 11.8 Å². The van der Waals surface area contributed by atoms with E-state index in [9.17, 15) is 0 Å². The van der Waals surface area contributed by atoms with Gasteiger partial charge in [0.2, 0.25) is 0 Å². The van der Waals surface area contributed by atoms with E-state index in [0.29, 0.717) is 6.04 Å². The monoisotopic (exact) mass is 335 g/mol. The van der Waals surface area contributed by atoms with Crippen LogP contribution in [0.5, 0.6) is 0 Å². The Labute approximate surface area is 131 Å². The minimum Gasteiger partial charge on any atom is -0.307 e. The molecule has 0 bridgehead atoms. The number of halogens is 1. The number of rotatable bonds is 3. The molecule has 2 saturated carbocycles. The first-order chi connectivity index (χ1) is 9.72. The Morgan fingerprint density at radius 3 is 2.45 bits per heavy atom. The molecule has 1 aromatic carbocycles. The lowest BCUT2D eigenvalue weighted by atomic mass is 9.69. The van der Waals surface area contributed by atoms with Crippen LogP contribution in [0.2, 0.25) is 0 Å². The smallest absolute Gasteiger partial charge is 0.0294 e. The lowest BCUT2D eigenvalue weighted by molar-refractivity contribution is 0.139. The van der Waals surface area contributed by atoms with Crippen molar-refractivity contribution in [1.29, 1.82) is 0 Å². The molecule has 0 amide bonds. The first kappa shape index (κ1) is 14.6. The molecule has 0 heterocycles. The molecule has 2 aliphatic rings. The Hall–Kier alpha value is -0.340. The molecule has 2 heteroatoms. The predicted molar refractivity (Wildman–Crippen MR) is 88.8 cm³/mol. The molecule has 1 N–H and O–H groups in total. The van der Waals surface area contributed by atoms with Crippen molar-refractivity contribution in [2.45, 2.75) is 64.0 Å². The zero-order valence-electron chi connectivity index (χ0n) is 12.4. The van der Waals surface area contributed by atoms with Gasteiger partial charge in [0.05, 0.1) is 0 Å². The summed E-state index contributed by atoms with van der Waals surface area (Å²) in [5.74, 6) is 2.05. The molecule has 1 nitrogen and oxygen atoms in total.